The molecule has 1 fully saturated rings. The minimum Gasteiger partial charge on any atom is -0.507 e. The number of nitrogens with zero attached hydrogens (tertiary/aromatic N) is 3. The molecule has 30 heavy (non-hydrogen) atoms. The Morgan fingerprint density at radius 2 is 1.77 bits per heavy atom. The molecule has 7 nitrogen and oxygen atoms in total. The Morgan fingerprint density at radius 3 is 2.57 bits per heavy atom. The number of ketones is 1. The lowest BCUT2D eigenvalue weighted by Gasteiger charge is -2.30. The number of anilines is 1. The Morgan fingerprint density at radius 1 is 1.03 bits per heavy atom. The molecule has 2 aromatic carbocycles. The van der Waals surface area contributed by atoms with E-state index in [1.54, 1.807) is 36.4 Å². The second-order valence-corrected chi connectivity index (χ2v) is 7.33. The molecule has 0 bridgehead atoms. The lowest BCUT2D eigenvalue weighted by molar-refractivity contribution is 0.103. The molecule has 4 aromatic rings. The Bertz CT molecular complexity index is 1340. The van der Waals surface area contributed by atoms with Crippen LogP contribution in [0.1, 0.15) is 15.9 Å². The third kappa shape index (κ3) is 3.00. The molecule has 3 heterocycles. The summed E-state index contributed by atoms with van der Waals surface area (Å²) in [5.74, 6) is -0.429. The molecule has 5 rings (SSSR count). The van der Waals surface area contributed by atoms with Gasteiger partial charge in [0.15, 0.2) is 11.4 Å². The lowest BCUT2D eigenvalue weighted by Crippen LogP contribution is -2.44. The highest BCUT2D eigenvalue weighted by molar-refractivity contribution is 6.11. The number of piperazine rings is 1. The van der Waals surface area contributed by atoms with Crippen molar-refractivity contribution in [1.29, 1.82) is 0 Å². The normalized spacial score (nSPS) is 14.3. The summed E-state index contributed by atoms with van der Waals surface area (Å²) in [6.07, 6.45) is 1.53. The molecule has 0 unspecified atom stereocenters. The second kappa shape index (κ2) is 7.27. The zero-order valence-electron chi connectivity index (χ0n) is 16.2. The predicted octanol–water partition coefficient (Wildman–Crippen LogP) is 2.19. The van der Waals surface area contributed by atoms with Crippen LogP contribution in [0.4, 0.5) is 5.69 Å². The number of rotatable bonds is 3. The summed E-state index contributed by atoms with van der Waals surface area (Å²) in [6.45, 7) is 3.10. The molecule has 0 amide bonds. The predicted molar refractivity (Wildman–Crippen MR) is 116 cm³/mol. The maximum absolute atomic E-state index is 13.2. The molecular weight excluding hydrogens is 380 g/mol. The number of aromatic nitrogens is 2. The van der Waals surface area contributed by atoms with Crippen molar-refractivity contribution in [3.05, 3.63) is 82.3 Å². The molecule has 7 heteroatoms. The van der Waals surface area contributed by atoms with Gasteiger partial charge in [0.2, 0.25) is 0 Å². The largest absolute Gasteiger partial charge is 0.507 e. The number of hydrogen-bond acceptors (Lipinski definition) is 6. The molecule has 2 aromatic heterocycles. The number of nitrogens with one attached hydrogen (secondary N) is 1. The van der Waals surface area contributed by atoms with E-state index in [9.17, 15) is 14.7 Å². The van der Waals surface area contributed by atoms with Crippen LogP contribution in [-0.4, -0.2) is 46.5 Å². The van der Waals surface area contributed by atoms with Crippen LogP contribution in [0.15, 0.2) is 65.6 Å². The summed E-state index contributed by atoms with van der Waals surface area (Å²) in [5.41, 5.74) is 2.19. The molecule has 0 saturated carbocycles. The van der Waals surface area contributed by atoms with Crippen LogP contribution in [0.5, 0.6) is 5.75 Å². The first-order chi connectivity index (χ1) is 14.6. The summed E-state index contributed by atoms with van der Waals surface area (Å²) in [6, 6.07) is 15.4. The standard InChI is InChI=1S/C23H20N4O3/c28-20-8-4-2-6-17(20)21(29)15-13-19(26-11-9-24-10-12-26)22-25-18-7-3-1-5-16(18)23(30)27(22)14-15/h1-8,13-14,24,28H,9-12H2. The fourth-order valence-corrected chi connectivity index (χ4v) is 3.92. The fourth-order valence-electron chi connectivity index (χ4n) is 3.92. The van der Waals surface area contributed by atoms with Gasteiger partial charge in [-0.05, 0) is 30.3 Å². The van der Waals surface area contributed by atoms with Crippen LogP contribution in [0.3, 0.4) is 0 Å². The number of fused-ring (bicyclic) bond motifs is 2. The number of hydrogen-bond donors (Lipinski definition) is 2. The van der Waals surface area contributed by atoms with Crippen molar-refractivity contribution in [3.8, 4) is 5.75 Å². The maximum Gasteiger partial charge on any atom is 0.265 e. The van der Waals surface area contributed by atoms with Gasteiger partial charge in [0.25, 0.3) is 5.56 Å². The highest BCUT2D eigenvalue weighted by atomic mass is 16.3. The van der Waals surface area contributed by atoms with Gasteiger partial charge in [-0.25, -0.2) is 4.98 Å². The van der Waals surface area contributed by atoms with Gasteiger partial charge in [0.05, 0.1) is 22.2 Å². The summed E-state index contributed by atoms with van der Waals surface area (Å²) < 4.78 is 1.45. The van der Waals surface area contributed by atoms with E-state index in [1.807, 2.05) is 12.1 Å². The van der Waals surface area contributed by atoms with Gasteiger partial charge < -0.3 is 15.3 Å². The highest BCUT2D eigenvalue weighted by Crippen LogP contribution is 2.26. The molecule has 0 spiro atoms. The van der Waals surface area contributed by atoms with E-state index in [0.717, 1.165) is 31.9 Å². The van der Waals surface area contributed by atoms with Gasteiger partial charge in [-0.3, -0.25) is 14.0 Å². The highest BCUT2D eigenvalue weighted by Gasteiger charge is 2.21. The minimum absolute atomic E-state index is 0.0877. The van der Waals surface area contributed by atoms with Crippen molar-refractivity contribution in [2.24, 2.45) is 0 Å². The first-order valence-electron chi connectivity index (χ1n) is 9.87. The van der Waals surface area contributed by atoms with Gasteiger partial charge in [-0.1, -0.05) is 24.3 Å². The Balaban J connectivity index is 1.79. The van der Waals surface area contributed by atoms with Gasteiger partial charge in [-0.2, -0.15) is 0 Å². The van der Waals surface area contributed by atoms with Gasteiger partial charge in [0.1, 0.15) is 5.75 Å². The Hall–Kier alpha value is -3.71. The van der Waals surface area contributed by atoms with E-state index in [-0.39, 0.29) is 22.7 Å². The van der Waals surface area contributed by atoms with Crippen molar-refractivity contribution in [1.82, 2.24) is 14.7 Å². The number of phenolic OH excluding ortho intramolecular Hbond substituents is 1. The molecule has 1 aliphatic heterocycles. The first-order valence-corrected chi connectivity index (χ1v) is 9.87. The molecule has 150 valence electrons. The van der Waals surface area contributed by atoms with Crippen LogP contribution < -0.4 is 15.8 Å². The average molecular weight is 400 g/mol. The number of benzene rings is 2. The van der Waals surface area contributed by atoms with Crippen molar-refractivity contribution in [2.75, 3.05) is 31.1 Å². The monoisotopic (exact) mass is 400 g/mol. The fraction of sp³-hybridized carbons (Fsp3) is 0.174. The van der Waals surface area contributed by atoms with E-state index >= 15 is 0 Å². The van der Waals surface area contributed by atoms with Gasteiger partial charge in [0, 0.05) is 37.9 Å². The van der Waals surface area contributed by atoms with Gasteiger partial charge >= 0.3 is 0 Å². The van der Waals surface area contributed by atoms with Crippen molar-refractivity contribution >= 4 is 28.0 Å². The Labute approximate surface area is 172 Å². The third-order valence-electron chi connectivity index (χ3n) is 5.47. The molecule has 2 N–H and O–H groups in total. The van der Waals surface area contributed by atoms with Crippen LogP contribution >= 0.6 is 0 Å². The van der Waals surface area contributed by atoms with E-state index in [4.69, 9.17) is 4.98 Å². The number of pyridine rings is 1. The molecule has 1 aliphatic rings. The van der Waals surface area contributed by atoms with Crippen molar-refractivity contribution in [3.63, 3.8) is 0 Å². The zero-order valence-corrected chi connectivity index (χ0v) is 16.2. The number of carbonyl (C=O) groups is 1. The quantitative estimate of drug-likeness (QED) is 0.405. The van der Waals surface area contributed by atoms with Crippen LogP contribution in [0, 0.1) is 0 Å². The summed E-state index contributed by atoms with van der Waals surface area (Å²) in [5, 5.41) is 14.0. The van der Waals surface area contributed by atoms with Gasteiger partial charge in [-0.15, -0.1) is 0 Å². The first kappa shape index (κ1) is 18.3. The SMILES string of the molecule is O=C(c1cc(N2CCNCC2)c2nc3ccccc3c(=O)n2c1)c1ccccc1O. The number of carbonyl (C=O) groups excluding carboxylic acids is 1. The second-order valence-electron chi connectivity index (χ2n) is 7.33. The average Bonchev–Trinajstić information content (AvgIpc) is 2.79. The summed E-state index contributed by atoms with van der Waals surface area (Å²) in [4.78, 5) is 33.3. The Kier molecular flexibility index (Phi) is 4.44. The minimum atomic E-state index is -0.341. The van der Waals surface area contributed by atoms with Crippen molar-refractivity contribution < 1.29 is 9.90 Å². The van der Waals surface area contributed by atoms with Crippen LogP contribution in [0.25, 0.3) is 16.6 Å². The van der Waals surface area contributed by atoms with E-state index < -0.39 is 0 Å². The summed E-state index contributed by atoms with van der Waals surface area (Å²) >= 11 is 0. The van der Waals surface area contributed by atoms with E-state index in [0.29, 0.717) is 22.1 Å². The van der Waals surface area contributed by atoms with E-state index in [1.165, 1.54) is 16.7 Å². The van der Waals surface area contributed by atoms with Crippen LogP contribution in [0.2, 0.25) is 0 Å². The smallest absolute Gasteiger partial charge is 0.265 e. The zero-order chi connectivity index (χ0) is 20.7. The third-order valence-corrected chi connectivity index (χ3v) is 5.47. The molecule has 0 aliphatic carbocycles. The number of para-hydroxylation sites is 2. The number of aromatic hydroxyl groups is 1. The summed E-state index contributed by atoms with van der Waals surface area (Å²) in [7, 11) is 0. The van der Waals surface area contributed by atoms with E-state index in [2.05, 4.69) is 10.2 Å². The molecular formula is C23H20N4O3. The topological polar surface area (TPSA) is 86.9 Å². The molecule has 1 saturated heterocycles. The maximum atomic E-state index is 13.2. The van der Waals surface area contributed by atoms with Crippen molar-refractivity contribution in [2.45, 2.75) is 0 Å². The molecule has 0 radical (unpaired) electrons. The number of phenols is 1. The molecule has 0 atom stereocenters. The van der Waals surface area contributed by atoms with Crippen LogP contribution in [-0.2, 0) is 0 Å². The lowest BCUT2D eigenvalue weighted by atomic mass is 10.0.